The Kier molecular flexibility index (Phi) is 4.94. The number of aromatic nitrogens is 2. The molecule has 24 heavy (non-hydrogen) atoms. The van der Waals surface area contributed by atoms with E-state index in [0.29, 0.717) is 31.0 Å². The third-order valence-corrected chi connectivity index (χ3v) is 4.95. The first-order valence-corrected chi connectivity index (χ1v) is 8.89. The summed E-state index contributed by atoms with van der Waals surface area (Å²) in [5.41, 5.74) is 0.297. The fourth-order valence-electron chi connectivity index (χ4n) is 3.13. The van der Waals surface area contributed by atoms with E-state index in [1.54, 1.807) is 11.3 Å². The molecule has 0 bridgehead atoms. The van der Waals surface area contributed by atoms with Crippen molar-refractivity contribution in [1.29, 1.82) is 0 Å². The Balaban J connectivity index is 1.54. The lowest BCUT2D eigenvalue weighted by Gasteiger charge is -2.28. The Labute approximate surface area is 143 Å². The molecule has 2 heterocycles. The summed E-state index contributed by atoms with van der Waals surface area (Å²) in [5.74, 6) is -0.127. The molecule has 0 radical (unpaired) electrons. The maximum atomic E-state index is 12.2. The van der Waals surface area contributed by atoms with Crippen LogP contribution in [-0.2, 0) is 16.0 Å². The highest BCUT2D eigenvalue weighted by atomic mass is 32.1. The van der Waals surface area contributed by atoms with E-state index in [4.69, 9.17) is 9.63 Å². The lowest BCUT2D eigenvalue weighted by Crippen LogP contribution is -2.47. The Hall–Kier alpha value is -2.22. The Morgan fingerprint density at radius 1 is 1.38 bits per heavy atom. The van der Waals surface area contributed by atoms with Gasteiger partial charge in [-0.05, 0) is 24.3 Å². The summed E-state index contributed by atoms with van der Waals surface area (Å²) in [4.78, 5) is 27.5. The van der Waals surface area contributed by atoms with Gasteiger partial charge in [0.15, 0.2) is 0 Å². The van der Waals surface area contributed by atoms with E-state index in [2.05, 4.69) is 15.5 Å². The van der Waals surface area contributed by atoms with Gasteiger partial charge in [0.2, 0.25) is 17.6 Å². The van der Waals surface area contributed by atoms with Crippen molar-refractivity contribution in [1.82, 2.24) is 15.5 Å². The summed E-state index contributed by atoms with van der Waals surface area (Å²) in [6.07, 6.45) is 3.84. The van der Waals surface area contributed by atoms with Crippen LogP contribution in [0.4, 0.5) is 0 Å². The van der Waals surface area contributed by atoms with Crippen molar-refractivity contribution in [2.24, 2.45) is 0 Å². The van der Waals surface area contributed by atoms with E-state index < -0.39 is 11.5 Å². The van der Waals surface area contributed by atoms with E-state index in [9.17, 15) is 9.59 Å². The first-order valence-electron chi connectivity index (χ1n) is 7.94. The fourth-order valence-corrected chi connectivity index (χ4v) is 3.77. The average Bonchev–Trinajstić information content (AvgIpc) is 3.26. The zero-order valence-corrected chi connectivity index (χ0v) is 14.0. The number of hydrogen-bond donors (Lipinski definition) is 2. The molecule has 0 saturated heterocycles. The molecule has 1 amide bonds. The van der Waals surface area contributed by atoms with Crippen LogP contribution in [-0.4, -0.2) is 32.7 Å². The highest BCUT2D eigenvalue weighted by Gasteiger charge is 2.37. The summed E-state index contributed by atoms with van der Waals surface area (Å²) < 4.78 is 5.17. The third kappa shape index (κ3) is 4.00. The van der Waals surface area contributed by atoms with Crippen molar-refractivity contribution in [3.8, 4) is 11.4 Å². The van der Waals surface area contributed by atoms with Crippen molar-refractivity contribution in [2.45, 2.75) is 50.5 Å². The van der Waals surface area contributed by atoms with Gasteiger partial charge in [-0.3, -0.25) is 9.59 Å². The Morgan fingerprint density at radius 3 is 2.83 bits per heavy atom. The molecule has 8 heteroatoms. The predicted molar refractivity (Wildman–Crippen MR) is 87.5 cm³/mol. The number of aryl methyl sites for hydroxylation is 1. The molecule has 3 rings (SSSR count). The van der Waals surface area contributed by atoms with Crippen LogP contribution in [0.1, 0.15) is 44.4 Å². The predicted octanol–water partition coefficient (Wildman–Crippen LogP) is 2.63. The largest absolute Gasteiger partial charge is 0.481 e. The van der Waals surface area contributed by atoms with Crippen LogP contribution < -0.4 is 5.32 Å². The molecule has 2 aromatic heterocycles. The lowest BCUT2D eigenvalue weighted by atomic mass is 9.93. The molecule has 0 aliphatic heterocycles. The SMILES string of the molecule is O=C(O)CC1(NC(=O)CCc2nc(-c3ccsc3)no2)CCCC1. The van der Waals surface area contributed by atoms with Gasteiger partial charge in [0.25, 0.3) is 0 Å². The van der Waals surface area contributed by atoms with Crippen molar-refractivity contribution in [3.05, 3.63) is 22.7 Å². The molecule has 0 spiro atoms. The van der Waals surface area contributed by atoms with Crippen LogP contribution in [0.5, 0.6) is 0 Å². The molecular weight excluding hydrogens is 330 g/mol. The van der Waals surface area contributed by atoms with Gasteiger partial charge in [-0.2, -0.15) is 16.3 Å². The van der Waals surface area contributed by atoms with Gasteiger partial charge < -0.3 is 14.9 Å². The number of amides is 1. The van der Waals surface area contributed by atoms with Gasteiger partial charge in [-0.1, -0.05) is 18.0 Å². The number of carboxylic acids is 1. The second-order valence-corrected chi connectivity index (χ2v) is 6.91. The van der Waals surface area contributed by atoms with Crippen LogP contribution in [0.2, 0.25) is 0 Å². The lowest BCUT2D eigenvalue weighted by molar-refractivity contribution is -0.139. The number of carbonyl (C=O) groups is 2. The number of carbonyl (C=O) groups excluding carboxylic acids is 1. The Morgan fingerprint density at radius 2 is 2.17 bits per heavy atom. The van der Waals surface area contributed by atoms with Crippen LogP contribution in [0.3, 0.4) is 0 Å². The zero-order valence-electron chi connectivity index (χ0n) is 13.2. The molecule has 0 atom stereocenters. The second-order valence-electron chi connectivity index (χ2n) is 6.13. The number of hydrogen-bond acceptors (Lipinski definition) is 6. The molecule has 128 valence electrons. The van der Waals surface area contributed by atoms with Gasteiger partial charge in [-0.25, -0.2) is 0 Å². The van der Waals surface area contributed by atoms with E-state index in [-0.39, 0.29) is 18.7 Å². The van der Waals surface area contributed by atoms with Crippen molar-refractivity contribution >= 4 is 23.2 Å². The average molecular weight is 349 g/mol. The Bertz CT molecular complexity index is 705. The molecule has 2 N–H and O–H groups in total. The van der Waals surface area contributed by atoms with Crippen molar-refractivity contribution in [3.63, 3.8) is 0 Å². The van der Waals surface area contributed by atoms with Gasteiger partial charge in [0.05, 0.1) is 12.0 Å². The van der Waals surface area contributed by atoms with Crippen LogP contribution in [0.25, 0.3) is 11.4 Å². The standard InChI is InChI=1S/C16H19N3O4S/c20-12(18-16(9-14(21)22)6-1-2-7-16)3-4-13-17-15(19-23-13)11-5-8-24-10-11/h5,8,10H,1-4,6-7,9H2,(H,18,20)(H,21,22). The molecule has 2 aromatic rings. The minimum absolute atomic E-state index is 0.0262. The van der Waals surface area contributed by atoms with Gasteiger partial charge in [0, 0.05) is 23.8 Å². The van der Waals surface area contributed by atoms with Gasteiger partial charge in [0.1, 0.15) is 0 Å². The van der Waals surface area contributed by atoms with Crippen LogP contribution in [0, 0.1) is 0 Å². The molecule has 1 aliphatic rings. The topological polar surface area (TPSA) is 105 Å². The number of nitrogens with one attached hydrogen (secondary N) is 1. The van der Waals surface area contributed by atoms with Crippen LogP contribution in [0.15, 0.2) is 21.3 Å². The summed E-state index contributed by atoms with van der Waals surface area (Å²) >= 11 is 1.55. The molecule has 1 saturated carbocycles. The van der Waals surface area contributed by atoms with E-state index in [1.807, 2.05) is 16.8 Å². The maximum absolute atomic E-state index is 12.2. The zero-order chi connectivity index (χ0) is 17.0. The third-order valence-electron chi connectivity index (χ3n) is 4.27. The summed E-state index contributed by atoms with van der Waals surface area (Å²) in [6.45, 7) is 0. The minimum Gasteiger partial charge on any atom is -0.481 e. The highest BCUT2D eigenvalue weighted by Crippen LogP contribution is 2.32. The van der Waals surface area contributed by atoms with Gasteiger partial charge in [-0.15, -0.1) is 0 Å². The number of rotatable bonds is 7. The highest BCUT2D eigenvalue weighted by molar-refractivity contribution is 7.08. The number of thiophene rings is 1. The molecule has 1 fully saturated rings. The van der Waals surface area contributed by atoms with Crippen molar-refractivity contribution in [2.75, 3.05) is 0 Å². The second kappa shape index (κ2) is 7.12. The van der Waals surface area contributed by atoms with Crippen molar-refractivity contribution < 1.29 is 19.2 Å². The van der Waals surface area contributed by atoms with E-state index >= 15 is 0 Å². The monoisotopic (exact) mass is 349 g/mol. The number of nitrogens with zero attached hydrogens (tertiary/aromatic N) is 2. The quantitative estimate of drug-likeness (QED) is 0.796. The minimum atomic E-state index is -0.880. The fraction of sp³-hybridized carbons (Fsp3) is 0.500. The number of aliphatic carboxylic acids is 1. The number of carboxylic acid groups (broad SMARTS) is 1. The molecule has 1 aliphatic carbocycles. The molecule has 7 nitrogen and oxygen atoms in total. The van der Waals surface area contributed by atoms with E-state index in [1.165, 1.54) is 0 Å². The molecular formula is C16H19N3O4S. The van der Waals surface area contributed by atoms with Crippen LogP contribution >= 0.6 is 11.3 Å². The molecule has 0 aromatic carbocycles. The summed E-state index contributed by atoms with van der Waals surface area (Å²) in [6, 6.07) is 1.90. The normalized spacial score (nSPS) is 16.2. The molecule has 0 unspecified atom stereocenters. The summed E-state index contributed by atoms with van der Waals surface area (Å²) in [7, 11) is 0. The first-order chi connectivity index (χ1) is 11.6. The van der Waals surface area contributed by atoms with Gasteiger partial charge >= 0.3 is 5.97 Å². The van der Waals surface area contributed by atoms with E-state index in [0.717, 1.165) is 18.4 Å². The maximum Gasteiger partial charge on any atom is 0.305 e. The summed E-state index contributed by atoms with van der Waals surface area (Å²) in [5, 5.41) is 19.8. The smallest absolute Gasteiger partial charge is 0.305 e. The first kappa shape index (κ1) is 16.6.